The lowest BCUT2D eigenvalue weighted by atomic mass is 10.0. The lowest BCUT2D eigenvalue weighted by Crippen LogP contribution is -2.61. The minimum absolute atomic E-state index is 0.409. The molecule has 0 saturated heterocycles. The molecule has 2 N–H and O–H groups in total. The molecule has 0 radical (unpaired) electrons. The van der Waals surface area contributed by atoms with Gasteiger partial charge < -0.3 is 14.7 Å². The molecule has 0 aliphatic carbocycles. The van der Waals surface area contributed by atoms with Gasteiger partial charge in [-0.3, -0.25) is 0 Å². The summed E-state index contributed by atoms with van der Waals surface area (Å²) in [6, 6.07) is -0.409. The first-order valence-corrected chi connectivity index (χ1v) is 8.34. The standard InChI is InChI=1S/C17H33NO3/c1-5-9-10-11-13-15(19)14-18(7-3,8-4)16(12-6-2)17(20)21/h5,15-16,19H,1,6-14H2,2-4H3/p+1. The summed E-state index contributed by atoms with van der Waals surface area (Å²) < 4.78 is 0.478. The normalized spacial score (nSPS) is 14.7. The predicted octanol–water partition coefficient (Wildman–Crippen LogP) is 3.20. The van der Waals surface area contributed by atoms with E-state index in [2.05, 4.69) is 6.58 Å². The Kier molecular flexibility index (Phi) is 10.4. The molecule has 0 bridgehead atoms. The Morgan fingerprint density at radius 2 is 1.81 bits per heavy atom. The lowest BCUT2D eigenvalue weighted by Gasteiger charge is -2.43. The molecular formula is C17H34NO3+. The second kappa shape index (κ2) is 10.8. The summed E-state index contributed by atoms with van der Waals surface area (Å²) in [5.74, 6) is -0.737. The number of nitrogens with zero attached hydrogens (tertiary/aromatic N) is 1. The number of likely N-dealkylation sites (N-methyl/N-ethyl adjacent to an activating group) is 1. The van der Waals surface area contributed by atoms with E-state index in [-0.39, 0.29) is 0 Å². The molecule has 0 aliphatic rings. The van der Waals surface area contributed by atoms with Crippen LogP contribution in [0.15, 0.2) is 12.7 Å². The monoisotopic (exact) mass is 300 g/mol. The summed E-state index contributed by atoms with van der Waals surface area (Å²) in [5.41, 5.74) is 0. The van der Waals surface area contributed by atoms with E-state index in [4.69, 9.17) is 0 Å². The molecular weight excluding hydrogens is 266 g/mol. The van der Waals surface area contributed by atoms with Gasteiger partial charge in [-0.2, -0.15) is 0 Å². The van der Waals surface area contributed by atoms with Gasteiger partial charge in [0.25, 0.3) is 0 Å². The quantitative estimate of drug-likeness (QED) is 0.312. The molecule has 0 aromatic heterocycles. The van der Waals surface area contributed by atoms with Gasteiger partial charge in [0.15, 0.2) is 6.04 Å². The van der Waals surface area contributed by atoms with Gasteiger partial charge in [0.05, 0.1) is 13.1 Å². The number of allylic oxidation sites excluding steroid dienone is 1. The van der Waals surface area contributed by atoms with Crippen LogP contribution in [0.1, 0.15) is 59.3 Å². The van der Waals surface area contributed by atoms with Crippen molar-refractivity contribution in [2.24, 2.45) is 0 Å². The molecule has 0 rings (SSSR count). The van der Waals surface area contributed by atoms with Crippen LogP contribution >= 0.6 is 0 Å². The molecule has 124 valence electrons. The molecule has 2 unspecified atom stereocenters. The minimum atomic E-state index is -0.737. The van der Waals surface area contributed by atoms with Gasteiger partial charge in [-0.05, 0) is 39.5 Å². The van der Waals surface area contributed by atoms with Crippen molar-refractivity contribution in [3.05, 3.63) is 12.7 Å². The van der Waals surface area contributed by atoms with Crippen molar-refractivity contribution in [1.29, 1.82) is 0 Å². The number of hydrogen-bond donors (Lipinski definition) is 2. The zero-order valence-electron chi connectivity index (χ0n) is 14.1. The highest BCUT2D eigenvalue weighted by Crippen LogP contribution is 2.21. The molecule has 0 saturated carbocycles. The molecule has 2 atom stereocenters. The van der Waals surface area contributed by atoms with E-state index in [1.807, 2.05) is 26.8 Å². The average molecular weight is 300 g/mol. The number of carboxylic acid groups (broad SMARTS) is 1. The van der Waals surface area contributed by atoms with Crippen LogP contribution in [-0.4, -0.2) is 52.4 Å². The van der Waals surface area contributed by atoms with Gasteiger partial charge in [-0.25, -0.2) is 4.79 Å². The van der Waals surface area contributed by atoms with Crippen LogP contribution in [0.2, 0.25) is 0 Å². The minimum Gasteiger partial charge on any atom is -0.477 e. The van der Waals surface area contributed by atoms with E-state index in [0.29, 0.717) is 17.4 Å². The van der Waals surface area contributed by atoms with Gasteiger partial charge in [-0.15, -0.1) is 6.58 Å². The average Bonchev–Trinajstić information content (AvgIpc) is 2.47. The SMILES string of the molecule is C=CCCCCC(O)C[N+](CC)(CC)C(CCC)C(=O)O. The maximum atomic E-state index is 11.6. The summed E-state index contributed by atoms with van der Waals surface area (Å²) in [4.78, 5) is 11.6. The maximum Gasteiger partial charge on any atom is 0.362 e. The summed E-state index contributed by atoms with van der Waals surface area (Å²) in [6.07, 6.45) is 6.71. The first-order valence-electron chi connectivity index (χ1n) is 8.34. The van der Waals surface area contributed by atoms with Crippen molar-refractivity contribution >= 4 is 5.97 Å². The fourth-order valence-electron chi connectivity index (χ4n) is 3.13. The second-order valence-corrected chi connectivity index (χ2v) is 5.90. The molecule has 0 heterocycles. The van der Waals surface area contributed by atoms with Crippen molar-refractivity contribution in [2.45, 2.75) is 71.4 Å². The van der Waals surface area contributed by atoms with E-state index < -0.39 is 18.1 Å². The number of hydrogen-bond acceptors (Lipinski definition) is 2. The van der Waals surface area contributed by atoms with Crippen LogP contribution in [0.25, 0.3) is 0 Å². The van der Waals surface area contributed by atoms with Crippen LogP contribution < -0.4 is 0 Å². The third-order valence-corrected chi connectivity index (χ3v) is 4.54. The van der Waals surface area contributed by atoms with Crippen LogP contribution in [-0.2, 0) is 4.79 Å². The van der Waals surface area contributed by atoms with Gasteiger partial charge in [-0.1, -0.05) is 19.4 Å². The summed E-state index contributed by atoms with van der Waals surface area (Å²) >= 11 is 0. The van der Waals surface area contributed by atoms with Gasteiger partial charge in [0.2, 0.25) is 0 Å². The van der Waals surface area contributed by atoms with Crippen LogP contribution in [0, 0.1) is 0 Å². The second-order valence-electron chi connectivity index (χ2n) is 5.90. The number of aliphatic hydroxyl groups excluding tert-OH is 1. The van der Waals surface area contributed by atoms with Crippen molar-refractivity contribution < 1.29 is 19.5 Å². The lowest BCUT2D eigenvalue weighted by molar-refractivity contribution is -0.943. The zero-order valence-corrected chi connectivity index (χ0v) is 14.1. The fourth-order valence-corrected chi connectivity index (χ4v) is 3.13. The third-order valence-electron chi connectivity index (χ3n) is 4.54. The molecule has 0 amide bonds. The van der Waals surface area contributed by atoms with E-state index in [9.17, 15) is 15.0 Å². The number of carbonyl (C=O) groups is 1. The van der Waals surface area contributed by atoms with Gasteiger partial charge in [0.1, 0.15) is 12.6 Å². The van der Waals surface area contributed by atoms with Gasteiger partial charge >= 0.3 is 5.97 Å². The number of rotatable bonds is 13. The van der Waals surface area contributed by atoms with E-state index in [1.165, 1.54) is 0 Å². The van der Waals surface area contributed by atoms with E-state index in [1.54, 1.807) is 0 Å². The molecule has 21 heavy (non-hydrogen) atoms. The number of aliphatic hydroxyl groups is 1. The Morgan fingerprint density at radius 1 is 1.19 bits per heavy atom. The van der Waals surface area contributed by atoms with Crippen molar-refractivity contribution in [1.82, 2.24) is 0 Å². The first-order chi connectivity index (χ1) is 9.97. The molecule has 0 aliphatic heterocycles. The fraction of sp³-hybridized carbons (Fsp3) is 0.824. The molecule has 4 heteroatoms. The van der Waals surface area contributed by atoms with Crippen molar-refractivity contribution in [3.8, 4) is 0 Å². The Morgan fingerprint density at radius 3 is 2.24 bits per heavy atom. The number of unbranched alkanes of at least 4 members (excludes halogenated alkanes) is 2. The van der Waals surface area contributed by atoms with Crippen LogP contribution in [0.3, 0.4) is 0 Å². The largest absolute Gasteiger partial charge is 0.477 e. The Hall–Kier alpha value is -0.870. The molecule has 0 fully saturated rings. The first kappa shape index (κ1) is 20.1. The highest BCUT2D eigenvalue weighted by atomic mass is 16.4. The number of quaternary nitrogens is 1. The molecule has 4 nitrogen and oxygen atoms in total. The topological polar surface area (TPSA) is 57.5 Å². The van der Waals surface area contributed by atoms with E-state index >= 15 is 0 Å². The van der Waals surface area contributed by atoms with Gasteiger partial charge in [0, 0.05) is 6.42 Å². The number of carboxylic acids is 1. The van der Waals surface area contributed by atoms with Crippen LogP contribution in [0.5, 0.6) is 0 Å². The zero-order chi connectivity index (χ0) is 16.3. The highest BCUT2D eigenvalue weighted by molar-refractivity contribution is 5.72. The maximum absolute atomic E-state index is 11.6. The van der Waals surface area contributed by atoms with E-state index in [0.717, 1.165) is 45.2 Å². The summed E-state index contributed by atoms with van der Waals surface area (Å²) in [5, 5.41) is 19.9. The molecule has 0 spiro atoms. The summed E-state index contributed by atoms with van der Waals surface area (Å²) in [6.45, 7) is 11.8. The summed E-state index contributed by atoms with van der Waals surface area (Å²) in [7, 11) is 0. The Labute approximate surface area is 130 Å². The number of aliphatic carboxylic acids is 1. The highest BCUT2D eigenvalue weighted by Gasteiger charge is 2.40. The van der Waals surface area contributed by atoms with Crippen LogP contribution in [0.4, 0.5) is 0 Å². The predicted molar refractivity (Wildman–Crippen MR) is 87.2 cm³/mol. The Balaban J connectivity index is 4.76. The van der Waals surface area contributed by atoms with Crippen molar-refractivity contribution in [3.63, 3.8) is 0 Å². The van der Waals surface area contributed by atoms with Crippen molar-refractivity contribution in [2.75, 3.05) is 19.6 Å². The molecule has 0 aromatic carbocycles. The Bertz CT molecular complexity index is 300. The smallest absolute Gasteiger partial charge is 0.362 e. The molecule has 0 aromatic rings. The third kappa shape index (κ3) is 6.62.